The molecule has 3 aromatic rings. The van der Waals surface area contributed by atoms with Crippen molar-refractivity contribution in [3.8, 4) is 5.75 Å². The number of Topliss-reactive ketones (excluding diaryl/α,β-unsaturated/α-hetero) is 2. The summed E-state index contributed by atoms with van der Waals surface area (Å²) in [6.45, 7) is 3.13. The van der Waals surface area contributed by atoms with Crippen LogP contribution in [0.2, 0.25) is 0 Å². The van der Waals surface area contributed by atoms with E-state index in [1.54, 1.807) is 7.11 Å². The van der Waals surface area contributed by atoms with Crippen LogP contribution >= 0.6 is 0 Å². The lowest BCUT2D eigenvalue weighted by Crippen LogP contribution is -2.47. The molecule has 8 heteroatoms. The zero-order valence-corrected chi connectivity index (χ0v) is 19.9. The second-order valence-electron chi connectivity index (χ2n) is 9.32. The van der Waals surface area contributed by atoms with E-state index in [4.69, 9.17) is 14.6 Å². The van der Waals surface area contributed by atoms with E-state index >= 15 is 0 Å². The number of hydrogen-bond donors (Lipinski definition) is 2. The number of piperidine rings is 3. The van der Waals surface area contributed by atoms with Crippen molar-refractivity contribution in [3.05, 3.63) is 59.3 Å². The van der Waals surface area contributed by atoms with Crippen LogP contribution in [-0.2, 0) is 22.4 Å². The van der Waals surface area contributed by atoms with Crippen LogP contribution in [0.3, 0.4) is 0 Å². The predicted octanol–water partition coefficient (Wildman–Crippen LogP) is 3.54. The van der Waals surface area contributed by atoms with Crippen LogP contribution in [0.25, 0.3) is 10.9 Å². The molecule has 3 aliphatic heterocycles. The summed E-state index contributed by atoms with van der Waals surface area (Å²) >= 11 is 0. The van der Waals surface area contributed by atoms with Gasteiger partial charge in [-0.25, -0.2) is 0 Å². The molecule has 0 saturated carbocycles. The summed E-state index contributed by atoms with van der Waals surface area (Å²) in [5.74, 6) is 2.13. The summed E-state index contributed by atoms with van der Waals surface area (Å²) < 4.78 is 5.17. The number of aromatic amines is 1. The van der Waals surface area contributed by atoms with Crippen molar-refractivity contribution < 1.29 is 24.2 Å². The number of nitrogens with zero attached hydrogens (tertiary/aromatic N) is 2. The number of hydrogen-bond acceptors (Lipinski definition) is 6. The van der Waals surface area contributed by atoms with E-state index in [1.165, 1.54) is 25.9 Å². The average molecular weight is 478 g/mol. The van der Waals surface area contributed by atoms with Crippen molar-refractivity contribution in [2.45, 2.75) is 32.1 Å². The zero-order valence-electron chi connectivity index (χ0n) is 19.9. The highest BCUT2D eigenvalue weighted by molar-refractivity contribution is 6.06. The fourth-order valence-corrected chi connectivity index (χ4v) is 5.30. The lowest BCUT2D eigenvalue weighted by atomic mass is 9.76. The van der Waals surface area contributed by atoms with Crippen LogP contribution in [0.5, 0.6) is 5.75 Å². The average Bonchev–Trinajstić information content (AvgIpc) is 3.29. The highest BCUT2D eigenvalue weighted by atomic mass is 16.5. The highest BCUT2D eigenvalue weighted by Gasteiger charge is 2.35. The number of ketones is 2. The Hall–Kier alpha value is -3.52. The minimum Gasteiger partial charge on any atom is -0.497 e. The van der Waals surface area contributed by atoms with Gasteiger partial charge in [-0.15, -0.1) is 0 Å². The number of aromatic nitrogens is 2. The van der Waals surface area contributed by atoms with Crippen molar-refractivity contribution in [2.24, 2.45) is 11.8 Å². The Morgan fingerprint density at radius 1 is 1.11 bits per heavy atom. The first kappa shape index (κ1) is 24.6. The Morgan fingerprint density at radius 2 is 1.77 bits per heavy atom. The van der Waals surface area contributed by atoms with Gasteiger partial charge in [0.05, 0.1) is 12.6 Å². The minimum atomic E-state index is -0.250. The topological polar surface area (TPSA) is 113 Å². The van der Waals surface area contributed by atoms with Gasteiger partial charge in [0, 0.05) is 31.2 Å². The van der Waals surface area contributed by atoms with E-state index < -0.39 is 0 Å². The molecule has 0 amide bonds. The van der Waals surface area contributed by atoms with E-state index in [9.17, 15) is 9.59 Å². The molecular weight excluding hydrogens is 446 g/mol. The van der Waals surface area contributed by atoms with E-state index in [1.807, 2.05) is 42.5 Å². The molecule has 35 heavy (non-hydrogen) atoms. The van der Waals surface area contributed by atoms with Gasteiger partial charge < -0.3 is 14.7 Å². The first-order valence-corrected chi connectivity index (χ1v) is 12.0. The van der Waals surface area contributed by atoms with E-state index in [-0.39, 0.29) is 18.0 Å². The summed E-state index contributed by atoms with van der Waals surface area (Å²) in [5.41, 5.74) is 3.23. The molecule has 8 nitrogen and oxygen atoms in total. The van der Waals surface area contributed by atoms with Gasteiger partial charge in [0.1, 0.15) is 17.2 Å². The molecule has 2 bridgehead atoms. The summed E-state index contributed by atoms with van der Waals surface area (Å²) in [6, 6.07) is 13.4. The van der Waals surface area contributed by atoms with E-state index in [2.05, 4.69) is 15.1 Å². The Kier molecular flexibility index (Phi) is 7.92. The second kappa shape index (κ2) is 11.3. The highest BCUT2D eigenvalue weighted by Crippen LogP contribution is 2.35. The molecule has 3 saturated heterocycles. The fraction of sp³-hybridized carbons (Fsp3) is 0.407. The van der Waals surface area contributed by atoms with Gasteiger partial charge in [-0.2, -0.15) is 5.10 Å². The van der Waals surface area contributed by atoms with Gasteiger partial charge in [-0.3, -0.25) is 19.5 Å². The molecule has 0 spiro atoms. The molecule has 1 atom stereocenters. The standard InChI is InChI=1S/C26H29N3O3.CH2O2/c1-32-22-5-2-17(3-6-22)12-21(30)13-18-4-7-24-23(14-18)26(28-27-24)25(31)15-20-16-29-10-8-19(20)9-11-29;2-1-3/h2-7,14,19-20H,8-13,15-16H2,1H3,(H,27,28);1H,(H,2,3)/t20-;/m1./s1. The van der Waals surface area contributed by atoms with Gasteiger partial charge in [0.2, 0.25) is 0 Å². The number of carbonyl (C=O) groups excluding carboxylic acids is 2. The third kappa shape index (κ3) is 5.95. The van der Waals surface area contributed by atoms with Crippen molar-refractivity contribution in [2.75, 3.05) is 26.7 Å². The Labute approximate surface area is 204 Å². The summed E-state index contributed by atoms with van der Waals surface area (Å²) in [5, 5.41) is 15.0. The predicted molar refractivity (Wildman–Crippen MR) is 132 cm³/mol. The number of methoxy groups -OCH3 is 1. The maximum Gasteiger partial charge on any atom is 0.290 e. The molecule has 3 aliphatic rings. The number of H-pyrrole nitrogens is 1. The first-order chi connectivity index (χ1) is 17.0. The smallest absolute Gasteiger partial charge is 0.290 e. The van der Waals surface area contributed by atoms with E-state index in [0.717, 1.165) is 34.3 Å². The molecule has 3 fully saturated rings. The van der Waals surface area contributed by atoms with Gasteiger partial charge in [0.15, 0.2) is 5.78 Å². The van der Waals surface area contributed by atoms with Crippen LogP contribution in [0.4, 0.5) is 0 Å². The molecule has 2 N–H and O–H groups in total. The van der Waals surface area contributed by atoms with Crippen molar-refractivity contribution in [1.29, 1.82) is 0 Å². The summed E-state index contributed by atoms with van der Waals surface area (Å²) in [7, 11) is 1.63. The normalized spacial score (nSPS) is 20.7. The van der Waals surface area contributed by atoms with Crippen molar-refractivity contribution in [1.82, 2.24) is 15.1 Å². The van der Waals surface area contributed by atoms with Crippen molar-refractivity contribution >= 4 is 28.9 Å². The largest absolute Gasteiger partial charge is 0.497 e. The monoisotopic (exact) mass is 477 g/mol. The van der Waals surface area contributed by atoms with Crippen LogP contribution < -0.4 is 4.74 Å². The zero-order chi connectivity index (χ0) is 24.8. The molecular formula is C27H31N3O5. The number of benzene rings is 2. The quantitative estimate of drug-likeness (QED) is 0.377. The minimum absolute atomic E-state index is 0.108. The fourth-order valence-electron chi connectivity index (χ4n) is 5.30. The number of carbonyl (C=O) groups is 3. The van der Waals surface area contributed by atoms with Gasteiger partial charge in [-0.1, -0.05) is 18.2 Å². The molecule has 0 aliphatic carbocycles. The number of carboxylic acid groups (broad SMARTS) is 1. The molecule has 6 rings (SSSR count). The van der Waals surface area contributed by atoms with Crippen LogP contribution in [-0.4, -0.2) is 65.0 Å². The maximum atomic E-state index is 13.1. The van der Waals surface area contributed by atoms with Crippen LogP contribution in [0, 0.1) is 11.8 Å². The molecule has 184 valence electrons. The molecule has 1 aromatic heterocycles. The Bertz CT molecular complexity index is 1180. The Balaban J connectivity index is 0.000000917. The molecule has 2 aromatic carbocycles. The lowest BCUT2D eigenvalue weighted by molar-refractivity contribution is -0.123. The van der Waals surface area contributed by atoms with Gasteiger partial charge in [0.25, 0.3) is 6.47 Å². The van der Waals surface area contributed by atoms with E-state index in [0.29, 0.717) is 36.8 Å². The number of ether oxygens (including phenoxy) is 1. The van der Waals surface area contributed by atoms with Crippen LogP contribution in [0.15, 0.2) is 42.5 Å². The number of nitrogens with one attached hydrogen (secondary N) is 1. The number of rotatable bonds is 8. The summed E-state index contributed by atoms with van der Waals surface area (Å²) in [4.78, 5) is 36.6. The lowest BCUT2D eigenvalue weighted by Gasteiger charge is -2.44. The molecule has 0 radical (unpaired) electrons. The first-order valence-electron chi connectivity index (χ1n) is 12.0. The van der Waals surface area contributed by atoms with Gasteiger partial charge in [-0.05, 0) is 73.2 Å². The van der Waals surface area contributed by atoms with Crippen LogP contribution in [0.1, 0.15) is 40.9 Å². The SMILES string of the molecule is COc1ccc(CC(=O)Cc2ccc3[nH]nc(C(=O)C[C@@H]4CN5CCC4CC5)c3c2)cc1.O=CO. The third-order valence-corrected chi connectivity index (χ3v) is 7.09. The summed E-state index contributed by atoms with van der Waals surface area (Å²) in [6.07, 6.45) is 3.68. The van der Waals surface area contributed by atoms with Crippen molar-refractivity contribution in [3.63, 3.8) is 0 Å². The number of fused-ring (bicyclic) bond motifs is 4. The second-order valence-corrected chi connectivity index (χ2v) is 9.32. The molecule has 0 unspecified atom stereocenters. The molecule has 4 heterocycles. The third-order valence-electron chi connectivity index (χ3n) is 7.09. The maximum absolute atomic E-state index is 13.1. The Morgan fingerprint density at radius 3 is 2.40 bits per heavy atom. The van der Waals surface area contributed by atoms with Gasteiger partial charge >= 0.3 is 0 Å².